The average Bonchev–Trinajstić information content (AvgIpc) is 3.00. The Balaban J connectivity index is 0. The van der Waals surface area contributed by atoms with E-state index in [9.17, 15) is 0 Å². The zero-order valence-corrected chi connectivity index (χ0v) is 32.9. The topological polar surface area (TPSA) is 15.7 Å². The largest absolute Gasteiger partial charge is 0.147 e. The van der Waals surface area contributed by atoms with E-state index in [-0.39, 0.29) is 12.4 Å². The summed E-state index contributed by atoms with van der Waals surface area (Å²) in [5.41, 5.74) is 0. The van der Waals surface area contributed by atoms with Crippen molar-refractivity contribution in [1.82, 2.24) is 6.76 Å². The van der Waals surface area contributed by atoms with Crippen LogP contribution in [-0.4, -0.2) is 39.5 Å². The summed E-state index contributed by atoms with van der Waals surface area (Å²) in [5.74, 6) is 0. The molecule has 0 fully saturated rings. The first kappa shape index (κ1) is 46.0. The molecule has 0 saturated carbocycles. The van der Waals surface area contributed by atoms with E-state index in [4.69, 9.17) is 3.32 Å². The average molecular weight is 666 g/mol. The van der Waals surface area contributed by atoms with Crippen molar-refractivity contribution in [3.05, 3.63) is 0 Å². The maximum absolute atomic E-state index is 7.11. The number of halogens is 1. The molecule has 0 unspecified atom stereocenters. The van der Waals surface area contributed by atoms with Gasteiger partial charge in [-0.05, 0) is 0 Å². The van der Waals surface area contributed by atoms with Gasteiger partial charge < -0.3 is 0 Å². The van der Waals surface area contributed by atoms with Crippen LogP contribution in [0.4, 0.5) is 0 Å². The van der Waals surface area contributed by atoms with Crippen LogP contribution in [0.25, 0.3) is 0 Å². The molecule has 0 heterocycles. The number of hydrogen-bond donors (Lipinski definition) is 0. The van der Waals surface area contributed by atoms with Gasteiger partial charge in [0.25, 0.3) is 0 Å². The molecule has 0 amide bonds. The van der Waals surface area contributed by atoms with E-state index in [1.807, 2.05) is 0 Å². The van der Waals surface area contributed by atoms with E-state index in [1.165, 1.54) is 206 Å². The minimum absolute atomic E-state index is 0. The first-order valence-electron chi connectivity index (χ1n) is 19.7. The Labute approximate surface area is 287 Å². The molecule has 0 aromatic heterocycles. The Hall–Kier alpha value is 0.884. The predicted molar refractivity (Wildman–Crippen MR) is 194 cm³/mol. The van der Waals surface area contributed by atoms with E-state index >= 15 is 0 Å². The molecule has 0 aromatic rings. The molecule has 0 aliphatic heterocycles. The monoisotopic (exact) mass is 666 g/mol. The fourth-order valence-corrected chi connectivity index (χ4v) is 9.90. The molecule has 0 N–H and O–H groups in total. The van der Waals surface area contributed by atoms with E-state index in [0.717, 1.165) is 6.61 Å². The van der Waals surface area contributed by atoms with Crippen molar-refractivity contribution in [3.63, 3.8) is 0 Å². The normalized spacial score (nSPS) is 11.5. The first-order valence-corrected chi connectivity index (χ1v) is 21.8. The first-order chi connectivity index (χ1) is 20.7. The zero-order chi connectivity index (χ0) is 30.8. The van der Waals surface area contributed by atoms with Gasteiger partial charge >= 0.3 is 276 Å². The van der Waals surface area contributed by atoms with Gasteiger partial charge in [-0.1, -0.05) is 0 Å². The van der Waals surface area contributed by atoms with Crippen LogP contribution in [-0.2, 0) is 22.1 Å². The van der Waals surface area contributed by atoms with E-state index in [0.29, 0.717) is 0 Å². The molecule has 0 spiro atoms. The van der Waals surface area contributed by atoms with Gasteiger partial charge in [0.2, 0.25) is 0 Å². The number of unbranched alkanes of at least 4 members (excludes halogenated alkanes) is 23. The number of nitrogens with zero attached hydrogens (tertiary/aromatic N) is 2. The van der Waals surface area contributed by atoms with Crippen LogP contribution in [0, 0.1) is 0 Å². The molecule has 0 radical (unpaired) electrons. The maximum Gasteiger partial charge on any atom is -0.147 e. The van der Waals surface area contributed by atoms with Gasteiger partial charge in [-0.25, -0.2) is 0 Å². The Kier molecular flexibility index (Phi) is 41.8. The van der Waals surface area contributed by atoms with Gasteiger partial charge in [-0.3, -0.25) is 0 Å². The Morgan fingerprint density at radius 2 is 0.558 bits per heavy atom. The molecule has 0 aromatic carbocycles. The minimum atomic E-state index is -1.97. The Bertz CT molecular complexity index is 431. The molecule has 0 saturated heterocycles. The number of rotatable bonds is 36. The van der Waals surface area contributed by atoms with Crippen LogP contribution in [0.3, 0.4) is 0 Å². The van der Waals surface area contributed by atoms with Crippen LogP contribution in [0.1, 0.15) is 214 Å². The van der Waals surface area contributed by atoms with Crippen molar-refractivity contribution >= 4 is 12.4 Å². The summed E-state index contributed by atoms with van der Waals surface area (Å²) in [7, 11) is 0. The third-order valence-corrected chi connectivity index (χ3v) is 12.7. The van der Waals surface area contributed by atoms with Crippen LogP contribution in [0.5, 0.6) is 0 Å². The second-order valence-electron chi connectivity index (χ2n) is 13.2. The van der Waals surface area contributed by atoms with Crippen molar-refractivity contribution in [2.45, 2.75) is 214 Å². The zero-order valence-electron chi connectivity index (χ0n) is 30.5. The predicted octanol–water partition coefficient (Wildman–Crippen LogP) is 13.4. The summed E-state index contributed by atoms with van der Waals surface area (Å²) >= 11 is -1.97. The fourth-order valence-electron chi connectivity index (χ4n) is 6.01. The van der Waals surface area contributed by atoms with E-state index < -0.39 is 18.8 Å². The maximum atomic E-state index is 7.11. The SMILES string of the molecule is CCCCCCCC[N](CCCCCCCC)[Ti]([O]CCCCCC)[N](CCCCCCCC)CCCCCCCC.Cl. The molecule has 3 nitrogen and oxygen atoms in total. The van der Waals surface area contributed by atoms with Crippen molar-refractivity contribution in [2.75, 3.05) is 32.8 Å². The van der Waals surface area contributed by atoms with Crippen LogP contribution < -0.4 is 0 Å². The third kappa shape index (κ3) is 31.3. The molecule has 43 heavy (non-hydrogen) atoms. The van der Waals surface area contributed by atoms with Gasteiger partial charge in [0.1, 0.15) is 0 Å². The number of hydrogen-bond acceptors (Lipinski definition) is 3. The van der Waals surface area contributed by atoms with Crippen molar-refractivity contribution < 1.29 is 22.1 Å². The standard InChI is InChI=1S/2C16H34N.C6H13O.ClH.Ti/c2*1-3-5-7-9-11-13-15-17-16-14-12-10-8-6-4-2;1-2-3-4-5-6-7;;/h2*3-16H2,1-2H3;2-6H2,1H3;1H;/q3*-1;;+3. The van der Waals surface area contributed by atoms with Crippen LogP contribution in [0.15, 0.2) is 0 Å². The Morgan fingerprint density at radius 3 is 0.837 bits per heavy atom. The van der Waals surface area contributed by atoms with E-state index in [1.54, 1.807) is 0 Å². The molecule has 5 heteroatoms. The van der Waals surface area contributed by atoms with Gasteiger partial charge in [-0.2, -0.15) is 0 Å². The van der Waals surface area contributed by atoms with Gasteiger partial charge in [0, 0.05) is 0 Å². The minimum Gasteiger partial charge on any atom is -0.147 e. The summed E-state index contributed by atoms with van der Waals surface area (Å²) in [4.78, 5) is 0. The fraction of sp³-hybridized carbons (Fsp3) is 1.00. The van der Waals surface area contributed by atoms with Crippen molar-refractivity contribution in [2.24, 2.45) is 0 Å². The Morgan fingerprint density at radius 1 is 0.326 bits per heavy atom. The molecule has 0 aliphatic rings. The van der Waals surface area contributed by atoms with Gasteiger partial charge in [-0.15, -0.1) is 12.4 Å². The van der Waals surface area contributed by atoms with Crippen molar-refractivity contribution in [1.29, 1.82) is 0 Å². The van der Waals surface area contributed by atoms with E-state index in [2.05, 4.69) is 41.4 Å². The second kappa shape index (κ2) is 39.1. The molecule has 0 atom stereocenters. The molecule has 261 valence electrons. The summed E-state index contributed by atoms with van der Waals surface area (Å²) in [5, 5.41) is 0. The summed E-state index contributed by atoms with van der Waals surface area (Å²) in [6, 6.07) is 0. The molecular formula is C38H82ClN2OTi. The quantitative estimate of drug-likeness (QED) is 0.0489. The van der Waals surface area contributed by atoms with Gasteiger partial charge in [0.05, 0.1) is 0 Å². The van der Waals surface area contributed by atoms with Crippen LogP contribution >= 0.6 is 12.4 Å². The molecule has 0 aliphatic carbocycles. The van der Waals surface area contributed by atoms with Crippen LogP contribution in [0.2, 0.25) is 0 Å². The molecule has 0 bridgehead atoms. The summed E-state index contributed by atoms with van der Waals surface area (Å²) in [6.07, 6.45) is 38.8. The third-order valence-electron chi connectivity index (χ3n) is 8.90. The second-order valence-corrected chi connectivity index (χ2v) is 16.5. The smallest absolute Gasteiger partial charge is 0.147 e. The summed E-state index contributed by atoms with van der Waals surface area (Å²) in [6.45, 7) is 17.8. The molecule has 0 rings (SSSR count). The molecular weight excluding hydrogens is 584 g/mol. The van der Waals surface area contributed by atoms with Crippen molar-refractivity contribution in [3.8, 4) is 0 Å². The summed E-state index contributed by atoms with van der Waals surface area (Å²) < 4.78 is 13.0. The van der Waals surface area contributed by atoms with Gasteiger partial charge in [0.15, 0.2) is 0 Å².